The molecule has 3 N–H and O–H groups in total. The van der Waals surface area contributed by atoms with Crippen LogP contribution in [0.25, 0.3) is 0 Å². The maximum absolute atomic E-state index is 5.97. The van der Waals surface area contributed by atoms with Gasteiger partial charge in [-0.2, -0.15) is 0 Å². The fourth-order valence-electron chi connectivity index (χ4n) is 1.59. The normalized spacial score (nSPS) is 11.2. The van der Waals surface area contributed by atoms with E-state index in [0.717, 1.165) is 5.69 Å². The number of nitrogens with one attached hydrogen (secondary N) is 1. The fraction of sp³-hybridized carbons (Fsp3) is 0.500. The number of nitrogens with two attached hydrogens (primary N) is 1. The van der Waals surface area contributed by atoms with Crippen LogP contribution in [0.5, 0.6) is 5.75 Å². The van der Waals surface area contributed by atoms with E-state index in [1.165, 1.54) is 0 Å². The molecule has 0 aliphatic heterocycles. The number of ether oxygens (including phenoxy) is 2. The molecule has 0 atom stereocenters. The number of anilines is 2. The van der Waals surface area contributed by atoms with Crippen molar-refractivity contribution in [2.45, 2.75) is 19.4 Å². The zero-order valence-corrected chi connectivity index (χ0v) is 10.3. The molecule has 0 aromatic heterocycles. The SMILES string of the molecule is COCC(C)(C)Nc1cccc(OC)c1N. The first-order valence-corrected chi connectivity index (χ1v) is 5.20. The molecule has 0 aliphatic carbocycles. The molecule has 4 heteroatoms. The fourth-order valence-corrected chi connectivity index (χ4v) is 1.59. The van der Waals surface area contributed by atoms with E-state index in [-0.39, 0.29) is 5.54 Å². The Balaban J connectivity index is 2.89. The molecule has 0 spiro atoms. The van der Waals surface area contributed by atoms with E-state index in [9.17, 15) is 0 Å². The summed E-state index contributed by atoms with van der Waals surface area (Å²) in [5.41, 5.74) is 7.28. The number of benzene rings is 1. The second-order valence-corrected chi connectivity index (χ2v) is 4.36. The highest BCUT2D eigenvalue weighted by Gasteiger charge is 2.18. The van der Waals surface area contributed by atoms with Gasteiger partial charge in [-0.3, -0.25) is 0 Å². The molecule has 90 valence electrons. The maximum atomic E-state index is 5.97. The highest BCUT2D eigenvalue weighted by Crippen LogP contribution is 2.30. The molecule has 0 saturated heterocycles. The number of hydrogen-bond donors (Lipinski definition) is 2. The van der Waals surface area contributed by atoms with Crippen LogP contribution in [-0.2, 0) is 4.74 Å². The van der Waals surface area contributed by atoms with Gasteiger partial charge in [0.05, 0.1) is 30.6 Å². The Morgan fingerprint density at radius 1 is 1.31 bits per heavy atom. The molecule has 0 amide bonds. The lowest BCUT2D eigenvalue weighted by Crippen LogP contribution is -2.36. The first kappa shape index (κ1) is 12.6. The summed E-state index contributed by atoms with van der Waals surface area (Å²) in [5, 5.41) is 3.33. The van der Waals surface area contributed by atoms with E-state index >= 15 is 0 Å². The lowest BCUT2D eigenvalue weighted by molar-refractivity contribution is 0.158. The molecule has 4 nitrogen and oxygen atoms in total. The Labute approximate surface area is 96.7 Å². The van der Waals surface area contributed by atoms with Crippen LogP contribution in [0.2, 0.25) is 0 Å². The van der Waals surface area contributed by atoms with Gasteiger partial charge in [-0.1, -0.05) is 6.07 Å². The van der Waals surface area contributed by atoms with Crippen molar-refractivity contribution in [2.24, 2.45) is 0 Å². The molecule has 0 bridgehead atoms. The average Bonchev–Trinajstić information content (AvgIpc) is 2.21. The van der Waals surface area contributed by atoms with Crippen molar-refractivity contribution in [3.8, 4) is 5.75 Å². The zero-order chi connectivity index (χ0) is 12.2. The highest BCUT2D eigenvalue weighted by molar-refractivity contribution is 5.73. The van der Waals surface area contributed by atoms with Gasteiger partial charge in [0.1, 0.15) is 5.75 Å². The van der Waals surface area contributed by atoms with E-state index in [4.69, 9.17) is 15.2 Å². The third-order valence-electron chi connectivity index (χ3n) is 2.26. The van der Waals surface area contributed by atoms with Crippen LogP contribution in [0.1, 0.15) is 13.8 Å². The van der Waals surface area contributed by atoms with E-state index in [0.29, 0.717) is 18.0 Å². The van der Waals surface area contributed by atoms with Gasteiger partial charge in [0.2, 0.25) is 0 Å². The van der Waals surface area contributed by atoms with Crippen LogP contribution in [0, 0.1) is 0 Å². The lowest BCUT2D eigenvalue weighted by atomic mass is 10.1. The second-order valence-electron chi connectivity index (χ2n) is 4.36. The maximum Gasteiger partial charge on any atom is 0.143 e. The summed E-state index contributed by atoms with van der Waals surface area (Å²) >= 11 is 0. The van der Waals surface area contributed by atoms with Crippen LogP contribution in [-0.4, -0.2) is 26.4 Å². The molecule has 1 aromatic rings. The number of rotatable bonds is 5. The molecular weight excluding hydrogens is 204 g/mol. The summed E-state index contributed by atoms with van der Waals surface area (Å²) in [4.78, 5) is 0. The monoisotopic (exact) mass is 224 g/mol. The topological polar surface area (TPSA) is 56.5 Å². The Kier molecular flexibility index (Phi) is 4.01. The van der Waals surface area contributed by atoms with Crippen molar-refractivity contribution in [3.63, 3.8) is 0 Å². The van der Waals surface area contributed by atoms with Gasteiger partial charge in [-0.05, 0) is 26.0 Å². The minimum Gasteiger partial charge on any atom is -0.495 e. The van der Waals surface area contributed by atoms with E-state index in [2.05, 4.69) is 19.2 Å². The standard InChI is InChI=1S/C12H20N2O2/c1-12(2,8-15-3)14-9-6-5-7-10(16-4)11(9)13/h5-7,14H,8,13H2,1-4H3. The van der Waals surface area contributed by atoms with Crippen molar-refractivity contribution in [1.82, 2.24) is 0 Å². The smallest absolute Gasteiger partial charge is 0.143 e. The van der Waals surface area contributed by atoms with E-state index < -0.39 is 0 Å². The zero-order valence-electron chi connectivity index (χ0n) is 10.3. The Bertz CT molecular complexity index is 351. The Morgan fingerprint density at radius 2 is 2.00 bits per heavy atom. The molecule has 0 unspecified atom stereocenters. The van der Waals surface area contributed by atoms with Crippen LogP contribution in [0.4, 0.5) is 11.4 Å². The number of hydrogen-bond acceptors (Lipinski definition) is 4. The van der Waals surface area contributed by atoms with Gasteiger partial charge in [0.15, 0.2) is 0 Å². The van der Waals surface area contributed by atoms with Crippen LogP contribution >= 0.6 is 0 Å². The molecule has 1 rings (SSSR count). The number of methoxy groups -OCH3 is 2. The van der Waals surface area contributed by atoms with E-state index in [1.807, 2.05) is 18.2 Å². The molecular formula is C12H20N2O2. The predicted octanol–water partition coefficient (Wildman–Crippen LogP) is 2.11. The highest BCUT2D eigenvalue weighted by atomic mass is 16.5. The Morgan fingerprint density at radius 3 is 2.56 bits per heavy atom. The van der Waals surface area contributed by atoms with Crippen LogP contribution in [0.3, 0.4) is 0 Å². The van der Waals surface area contributed by atoms with Gasteiger partial charge < -0.3 is 20.5 Å². The van der Waals surface area contributed by atoms with Gasteiger partial charge >= 0.3 is 0 Å². The largest absolute Gasteiger partial charge is 0.495 e. The molecule has 16 heavy (non-hydrogen) atoms. The molecule has 0 radical (unpaired) electrons. The summed E-state index contributed by atoms with van der Waals surface area (Å²) in [6, 6.07) is 5.67. The van der Waals surface area contributed by atoms with Gasteiger partial charge in [-0.25, -0.2) is 0 Å². The lowest BCUT2D eigenvalue weighted by Gasteiger charge is -2.27. The van der Waals surface area contributed by atoms with Crippen molar-refractivity contribution >= 4 is 11.4 Å². The molecule has 0 aliphatic rings. The predicted molar refractivity (Wildman–Crippen MR) is 67.0 cm³/mol. The molecule has 0 heterocycles. The number of para-hydroxylation sites is 1. The third-order valence-corrected chi connectivity index (χ3v) is 2.26. The third kappa shape index (κ3) is 3.03. The summed E-state index contributed by atoms with van der Waals surface area (Å²) in [6.07, 6.45) is 0. The van der Waals surface area contributed by atoms with Crippen molar-refractivity contribution in [1.29, 1.82) is 0 Å². The van der Waals surface area contributed by atoms with E-state index in [1.54, 1.807) is 14.2 Å². The minimum atomic E-state index is -0.171. The van der Waals surface area contributed by atoms with Crippen LogP contribution in [0.15, 0.2) is 18.2 Å². The first-order chi connectivity index (χ1) is 7.50. The van der Waals surface area contributed by atoms with Crippen molar-refractivity contribution < 1.29 is 9.47 Å². The van der Waals surface area contributed by atoms with Crippen molar-refractivity contribution in [2.75, 3.05) is 31.9 Å². The van der Waals surface area contributed by atoms with Gasteiger partial charge in [0, 0.05) is 7.11 Å². The Hall–Kier alpha value is -1.42. The molecule has 1 aromatic carbocycles. The minimum absolute atomic E-state index is 0.171. The second kappa shape index (κ2) is 5.07. The summed E-state index contributed by atoms with van der Waals surface area (Å²) < 4.78 is 10.3. The molecule has 0 fully saturated rings. The van der Waals surface area contributed by atoms with Gasteiger partial charge in [0.25, 0.3) is 0 Å². The molecule has 0 saturated carbocycles. The summed E-state index contributed by atoms with van der Waals surface area (Å²) in [6.45, 7) is 4.70. The average molecular weight is 224 g/mol. The van der Waals surface area contributed by atoms with Gasteiger partial charge in [-0.15, -0.1) is 0 Å². The number of nitrogen functional groups attached to an aromatic ring is 1. The summed E-state index contributed by atoms with van der Waals surface area (Å²) in [7, 11) is 3.29. The first-order valence-electron chi connectivity index (χ1n) is 5.20. The quantitative estimate of drug-likeness (QED) is 0.752. The van der Waals surface area contributed by atoms with Crippen molar-refractivity contribution in [3.05, 3.63) is 18.2 Å². The van der Waals surface area contributed by atoms with Crippen LogP contribution < -0.4 is 15.8 Å². The summed E-state index contributed by atoms with van der Waals surface area (Å²) in [5.74, 6) is 0.679.